The van der Waals surface area contributed by atoms with Gasteiger partial charge < -0.3 is 44.5 Å². The van der Waals surface area contributed by atoms with Crippen LogP contribution < -0.4 is 16.0 Å². The Labute approximate surface area is 485 Å². The lowest BCUT2D eigenvalue weighted by atomic mass is 9.86. The highest BCUT2D eigenvalue weighted by Crippen LogP contribution is 2.45. The number of hydrogen-bond donors (Lipinski definition) is 3. The first-order chi connectivity index (χ1) is 40.7. The summed E-state index contributed by atoms with van der Waals surface area (Å²) in [5.41, 5.74) is 9.90. The van der Waals surface area contributed by atoms with Gasteiger partial charge in [-0.25, -0.2) is 14.6 Å². The molecule has 6 aromatic rings. The van der Waals surface area contributed by atoms with E-state index >= 15 is 0 Å². The monoisotopic (exact) mass is 1130 g/mol. The van der Waals surface area contributed by atoms with Crippen molar-refractivity contribution in [2.45, 2.75) is 88.9 Å². The Bertz CT molecular complexity index is 3120. The maximum absolute atomic E-state index is 14.4. The third-order valence-corrected chi connectivity index (χ3v) is 15.3. The molecule has 0 fully saturated rings. The zero-order valence-corrected chi connectivity index (χ0v) is 47.5. The van der Waals surface area contributed by atoms with E-state index in [9.17, 15) is 24.0 Å². The minimum atomic E-state index is -0.832. The SMILES string of the molecule is COCCOCCOCCOCCC(=O)NCCCC[C@@H](C(=O)NCCCCCCN1N=C(c2ccc(NC(=O)N3Cc4ccncc4C3)cc2)CC(c2cccc3ncccc23)C1=O)N(C)C(=O)OC1c2ccccc2-c2ccccc21. The van der Waals surface area contributed by atoms with Crippen LogP contribution in [0.5, 0.6) is 0 Å². The van der Waals surface area contributed by atoms with E-state index in [0.717, 1.165) is 74.0 Å². The number of fused-ring (bicyclic) bond motifs is 5. The van der Waals surface area contributed by atoms with E-state index in [1.807, 2.05) is 109 Å². The lowest BCUT2D eigenvalue weighted by Crippen LogP contribution is -2.48. The number of pyridine rings is 2. The molecule has 4 heterocycles. The number of hydrogen-bond acceptors (Lipinski definition) is 13. The average Bonchev–Trinajstić information content (AvgIpc) is 4.30. The topological polar surface area (TPSA) is 215 Å². The molecule has 1 aliphatic carbocycles. The Balaban J connectivity index is 0.767. The molecule has 436 valence electrons. The van der Waals surface area contributed by atoms with Crippen molar-refractivity contribution in [2.24, 2.45) is 5.10 Å². The molecular weight excluding hydrogens is 1050 g/mol. The number of anilines is 1. The third-order valence-electron chi connectivity index (χ3n) is 15.3. The van der Waals surface area contributed by atoms with Crippen molar-refractivity contribution in [1.82, 2.24) is 35.4 Å². The van der Waals surface area contributed by atoms with Crippen LogP contribution in [0.1, 0.15) is 103 Å². The van der Waals surface area contributed by atoms with Gasteiger partial charge in [0.15, 0.2) is 6.10 Å². The number of rotatable bonds is 30. The van der Waals surface area contributed by atoms with Gasteiger partial charge in [0.1, 0.15) is 6.04 Å². The Hall–Kier alpha value is -8.10. The van der Waals surface area contributed by atoms with Crippen LogP contribution in [0.25, 0.3) is 22.0 Å². The molecule has 3 aliphatic rings. The van der Waals surface area contributed by atoms with Gasteiger partial charge in [0.2, 0.25) is 11.8 Å². The van der Waals surface area contributed by atoms with Crippen LogP contribution in [0.2, 0.25) is 0 Å². The number of unbranched alkanes of at least 4 members (excludes halogenated alkanes) is 4. The lowest BCUT2D eigenvalue weighted by molar-refractivity contribution is -0.133. The molecule has 0 saturated heterocycles. The second kappa shape index (κ2) is 30.3. The van der Waals surface area contributed by atoms with Crippen molar-refractivity contribution in [3.63, 3.8) is 0 Å². The Morgan fingerprint density at radius 3 is 2.11 bits per heavy atom. The summed E-state index contributed by atoms with van der Waals surface area (Å²) in [4.78, 5) is 80.3. The van der Waals surface area contributed by atoms with Gasteiger partial charge in [0.05, 0.1) is 63.4 Å². The number of hydrazone groups is 1. The second-order valence-corrected chi connectivity index (χ2v) is 20.9. The van der Waals surface area contributed by atoms with E-state index < -0.39 is 24.2 Å². The molecule has 1 unspecified atom stereocenters. The number of nitrogens with one attached hydrogen (secondary N) is 3. The number of methoxy groups -OCH3 is 1. The van der Waals surface area contributed by atoms with Gasteiger partial charge in [-0.1, -0.05) is 91.7 Å². The van der Waals surface area contributed by atoms with Crippen molar-refractivity contribution < 1.29 is 47.7 Å². The Morgan fingerprint density at radius 1 is 0.687 bits per heavy atom. The molecule has 2 aromatic heterocycles. The Morgan fingerprint density at radius 2 is 1.36 bits per heavy atom. The molecule has 2 aliphatic heterocycles. The summed E-state index contributed by atoms with van der Waals surface area (Å²) in [6, 6.07) is 34.0. The van der Waals surface area contributed by atoms with E-state index in [2.05, 4.69) is 25.9 Å². The van der Waals surface area contributed by atoms with E-state index in [4.69, 9.17) is 28.8 Å². The number of carbonyl (C=O) groups excluding carboxylic acids is 5. The molecule has 3 N–H and O–H groups in total. The molecular formula is C64H75N9O10. The number of urea groups is 1. The van der Waals surface area contributed by atoms with E-state index in [0.29, 0.717) is 117 Å². The van der Waals surface area contributed by atoms with E-state index in [1.54, 1.807) is 42.7 Å². The maximum Gasteiger partial charge on any atom is 0.411 e. The summed E-state index contributed by atoms with van der Waals surface area (Å²) < 4.78 is 27.6. The maximum atomic E-state index is 14.4. The molecule has 19 nitrogen and oxygen atoms in total. The van der Waals surface area contributed by atoms with Gasteiger partial charge in [0, 0.05) is 101 Å². The second-order valence-electron chi connectivity index (χ2n) is 20.9. The van der Waals surface area contributed by atoms with Crippen molar-refractivity contribution >= 4 is 52.1 Å². The minimum absolute atomic E-state index is 0.0835. The van der Waals surface area contributed by atoms with Crippen molar-refractivity contribution in [1.29, 1.82) is 0 Å². The number of ether oxygens (including phenoxy) is 5. The van der Waals surface area contributed by atoms with E-state index in [-0.39, 0.29) is 36.8 Å². The first kappa shape index (κ1) is 59.5. The van der Waals surface area contributed by atoms with Crippen molar-refractivity contribution in [3.8, 4) is 11.1 Å². The fraction of sp³-hybridized carbons (Fsp3) is 0.406. The van der Waals surface area contributed by atoms with Crippen molar-refractivity contribution in [3.05, 3.63) is 161 Å². The number of likely N-dealkylation sites (N-methyl/N-ethyl adjacent to an activating group) is 1. The summed E-state index contributed by atoms with van der Waals surface area (Å²) in [6.45, 7) is 5.21. The largest absolute Gasteiger partial charge is 0.436 e. The average molecular weight is 1130 g/mol. The number of carbonyl (C=O) groups is 5. The quantitative estimate of drug-likeness (QED) is 0.0360. The van der Waals surface area contributed by atoms with Crippen LogP contribution in [0, 0.1) is 0 Å². The Kier molecular flexibility index (Phi) is 21.7. The number of nitrogens with zero attached hydrogens (tertiary/aromatic N) is 6. The molecule has 83 heavy (non-hydrogen) atoms. The summed E-state index contributed by atoms with van der Waals surface area (Å²) in [5.74, 6) is -1.00. The summed E-state index contributed by atoms with van der Waals surface area (Å²) in [7, 11) is 3.22. The van der Waals surface area contributed by atoms with Crippen LogP contribution in [0.4, 0.5) is 15.3 Å². The van der Waals surface area contributed by atoms with Crippen LogP contribution in [0.3, 0.4) is 0 Å². The zero-order chi connectivity index (χ0) is 57.8. The van der Waals surface area contributed by atoms with Gasteiger partial charge in [-0.15, -0.1) is 0 Å². The molecule has 2 atom stereocenters. The molecule has 6 amide bonds. The van der Waals surface area contributed by atoms with E-state index in [1.165, 1.54) is 4.90 Å². The molecule has 0 spiro atoms. The van der Waals surface area contributed by atoms with Gasteiger partial charge in [-0.3, -0.25) is 29.3 Å². The van der Waals surface area contributed by atoms with Crippen LogP contribution >= 0.6 is 0 Å². The lowest BCUT2D eigenvalue weighted by Gasteiger charge is -2.30. The van der Waals surface area contributed by atoms with Gasteiger partial charge >= 0.3 is 12.1 Å². The molecule has 9 rings (SSSR count). The van der Waals surface area contributed by atoms with Gasteiger partial charge in [-0.2, -0.15) is 5.10 Å². The normalized spacial score (nSPS) is 14.8. The number of amides is 6. The van der Waals surface area contributed by atoms with Gasteiger partial charge in [-0.05, 0) is 95.8 Å². The molecule has 19 heteroatoms. The van der Waals surface area contributed by atoms with Crippen LogP contribution in [-0.4, -0.2) is 146 Å². The van der Waals surface area contributed by atoms with Gasteiger partial charge in [0.25, 0.3) is 5.91 Å². The fourth-order valence-corrected chi connectivity index (χ4v) is 10.8. The summed E-state index contributed by atoms with van der Waals surface area (Å²) in [5, 5.41) is 16.5. The highest BCUT2D eigenvalue weighted by atomic mass is 16.6. The zero-order valence-electron chi connectivity index (χ0n) is 47.5. The summed E-state index contributed by atoms with van der Waals surface area (Å²) in [6.07, 6.45) is 9.06. The van der Waals surface area contributed by atoms with Crippen LogP contribution in [-0.2, 0) is 51.2 Å². The predicted molar refractivity (Wildman–Crippen MR) is 315 cm³/mol. The predicted octanol–water partition coefficient (Wildman–Crippen LogP) is 9.15. The first-order valence-electron chi connectivity index (χ1n) is 28.9. The minimum Gasteiger partial charge on any atom is -0.436 e. The highest BCUT2D eigenvalue weighted by Gasteiger charge is 2.36. The smallest absolute Gasteiger partial charge is 0.411 e. The number of benzene rings is 4. The van der Waals surface area contributed by atoms with Crippen LogP contribution in [0.15, 0.2) is 133 Å². The standard InChI is InChI=1S/C64H75N9O10/c1-71(64(78)83-60-53-17-7-5-15-49(53)50-16-6-8-18-54(50)60)58(22-9-11-29-67-59(74)28-34-80-37-38-82-40-39-81-36-35-79-2)61(75)68-30-10-3-4-12-33-73-62(76)55(51-19-13-21-56-52(51)20-14-31-66-56)41-57(70-73)45-23-25-48(26-24-45)69-63(77)72-43-46-27-32-65-42-47(46)44-72/h5-8,13-21,23-27,31-32,42,55,58,60H,3-4,9-12,22,28-30,33-41,43-44H2,1-2H3,(H,67,74)(H,68,75)(H,69,77)/t55?,58-/m0/s1. The molecule has 0 radical (unpaired) electrons. The molecule has 0 saturated carbocycles. The molecule has 0 bridgehead atoms. The fourth-order valence-electron chi connectivity index (χ4n) is 10.8. The summed E-state index contributed by atoms with van der Waals surface area (Å²) >= 11 is 0. The highest BCUT2D eigenvalue weighted by molar-refractivity contribution is 6.07. The third kappa shape index (κ3) is 15.9. The van der Waals surface area contributed by atoms with Crippen molar-refractivity contribution in [2.75, 3.05) is 85.4 Å². The first-order valence-corrected chi connectivity index (χ1v) is 28.9. The molecule has 4 aromatic carbocycles. The number of aromatic nitrogens is 2.